The molecule has 0 N–H and O–H groups in total. The van der Waals surface area contributed by atoms with E-state index in [0.29, 0.717) is 23.6 Å². The Morgan fingerprint density at radius 1 is 0.781 bits per heavy atom. The molecule has 3 aromatic rings. The van der Waals surface area contributed by atoms with E-state index >= 15 is 0 Å². The van der Waals surface area contributed by atoms with Crippen LogP contribution in [0.5, 0.6) is 0 Å². The Labute approximate surface area is 189 Å². The average Bonchev–Trinajstić information content (AvgIpc) is 2.83. The van der Waals surface area contributed by atoms with Gasteiger partial charge in [-0.25, -0.2) is 0 Å². The lowest BCUT2D eigenvalue weighted by Crippen LogP contribution is -2.41. The fraction of sp³-hybridized carbons (Fsp3) is 0.357. The third kappa shape index (κ3) is 4.20. The van der Waals surface area contributed by atoms with Gasteiger partial charge in [-0.1, -0.05) is 54.6 Å². The number of carbonyl (C=O) groups excluding carboxylic acids is 2. The second kappa shape index (κ2) is 9.25. The molecule has 4 heteroatoms. The van der Waals surface area contributed by atoms with Crippen molar-refractivity contribution in [3.8, 4) is 0 Å². The highest BCUT2D eigenvalue weighted by Gasteiger charge is 2.32. The van der Waals surface area contributed by atoms with Crippen LogP contribution >= 0.6 is 0 Å². The van der Waals surface area contributed by atoms with E-state index in [1.807, 2.05) is 36.4 Å². The van der Waals surface area contributed by atoms with E-state index < -0.39 is 0 Å². The monoisotopic (exact) mass is 426 g/mol. The lowest BCUT2D eigenvalue weighted by Gasteiger charge is -2.33. The van der Waals surface area contributed by atoms with Crippen molar-refractivity contribution >= 4 is 22.6 Å². The van der Waals surface area contributed by atoms with Crippen molar-refractivity contribution in [1.29, 1.82) is 0 Å². The zero-order valence-corrected chi connectivity index (χ0v) is 18.5. The highest BCUT2D eigenvalue weighted by molar-refractivity contribution is 6.25. The van der Waals surface area contributed by atoms with Gasteiger partial charge in [-0.05, 0) is 74.2 Å². The first-order valence-corrected chi connectivity index (χ1v) is 11.8. The smallest absolute Gasteiger partial charge is 0.261 e. The molecule has 2 amide bonds. The number of carbonyl (C=O) groups is 2. The standard InChI is InChI=1S/C28H30N2O2/c31-27-24-14-6-12-23-13-7-15-25(26(23)24)28(32)30(27)18-5-4-16-29-17-8-11-22(20-29)19-21-9-2-1-3-10-21/h1-3,6-7,9-10,12-15,22H,4-5,8,11,16-20H2. The molecule has 1 fully saturated rings. The minimum atomic E-state index is -0.153. The molecule has 32 heavy (non-hydrogen) atoms. The summed E-state index contributed by atoms with van der Waals surface area (Å²) >= 11 is 0. The molecule has 0 aliphatic carbocycles. The first-order valence-electron chi connectivity index (χ1n) is 11.8. The van der Waals surface area contributed by atoms with Gasteiger partial charge in [0.15, 0.2) is 0 Å². The van der Waals surface area contributed by atoms with E-state index in [9.17, 15) is 9.59 Å². The maximum absolute atomic E-state index is 13.0. The fourth-order valence-corrected chi connectivity index (χ4v) is 5.36. The van der Waals surface area contributed by atoms with E-state index in [1.54, 1.807) is 0 Å². The van der Waals surface area contributed by atoms with Gasteiger partial charge < -0.3 is 4.90 Å². The van der Waals surface area contributed by atoms with E-state index in [-0.39, 0.29) is 11.8 Å². The molecular weight excluding hydrogens is 396 g/mol. The van der Waals surface area contributed by atoms with Gasteiger partial charge in [0, 0.05) is 29.6 Å². The second-order valence-corrected chi connectivity index (χ2v) is 9.18. The van der Waals surface area contributed by atoms with Crippen molar-refractivity contribution in [2.45, 2.75) is 32.1 Å². The van der Waals surface area contributed by atoms with E-state index in [4.69, 9.17) is 0 Å². The summed E-state index contributed by atoms with van der Waals surface area (Å²) in [6.45, 7) is 3.82. The molecule has 1 atom stereocenters. The molecule has 0 spiro atoms. The van der Waals surface area contributed by atoms with Gasteiger partial charge in [-0.2, -0.15) is 0 Å². The zero-order valence-electron chi connectivity index (χ0n) is 18.5. The normalized spacial score (nSPS) is 19.0. The molecule has 0 aromatic heterocycles. The van der Waals surface area contributed by atoms with Gasteiger partial charge >= 0.3 is 0 Å². The number of piperidine rings is 1. The molecular formula is C28H30N2O2. The summed E-state index contributed by atoms with van der Waals surface area (Å²) in [5, 5.41) is 1.76. The molecule has 1 unspecified atom stereocenters. The third-order valence-corrected chi connectivity index (χ3v) is 6.93. The fourth-order valence-electron chi connectivity index (χ4n) is 5.36. The Bertz CT molecular complexity index is 1070. The van der Waals surface area contributed by atoms with Crippen LogP contribution in [0, 0.1) is 5.92 Å². The quantitative estimate of drug-likeness (QED) is 0.387. The van der Waals surface area contributed by atoms with Crippen LogP contribution in [0.2, 0.25) is 0 Å². The number of amides is 2. The topological polar surface area (TPSA) is 40.6 Å². The molecule has 4 nitrogen and oxygen atoms in total. The molecule has 164 valence electrons. The molecule has 2 aliphatic rings. The van der Waals surface area contributed by atoms with Crippen LogP contribution in [-0.2, 0) is 6.42 Å². The van der Waals surface area contributed by atoms with Crippen molar-refractivity contribution in [2.75, 3.05) is 26.2 Å². The van der Waals surface area contributed by atoms with Crippen molar-refractivity contribution < 1.29 is 9.59 Å². The van der Waals surface area contributed by atoms with Gasteiger partial charge in [0.2, 0.25) is 0 Å². The van der Waals surface area contributed by atoms with Gasteiger partial charge in [0.1, 0.15) is 0 Å². The summed E-state index contributed by atoms with van der Waals surface area (Å²) in [4.78, 5) is 30.1. The Hall–Kier alpha value is -2.98. The lowest BCUT2D eigenvalue weighted by atomic mass is 9.91. The number of hydrogen-bond donors (Lipinski definition) is 0. The number of nitrogens with zero attached hydrogens (tertiary/aromatic N) is 2. The van der Waals surface area contributed by atoms with Gasteiger partial charge in [-0.3, -0.25) is 14.5 Å². The maximum atomic E-state index is 13.0. The van der Waals surface area contributed by atoms with Crippen LogP contribution < -0.4 is 0 Å². The first-order chi connectivity index (χ1) is 15.7. The largest absolute Gasteiger partial charge is 0.303 e. The number of benzene rings is 3. The molecule has 2 aliphatic heterocycles. The number of likely N-dealkylation sites (tertiary alicyclic amines) is 1. The van der Waals surface area contributed by atoms with Crippen LogP contribution in [0.15, 0.2) is 66.7 Å². The van der Waals surface area contributed by atoms with Crippen LogP contribution in [0.1, 0.15) is 52.0 Å². The first kappa shape index (κ1) is 20.9. The zero-order chi connectivity index (χ0) is 21.9. The average molecular weight is 427 g/mol. The predicted molar refractivity (Wildman–Crippen MR) is 128 cm³/mol. The molecule has 0 radical (unpaired) electrons. The Balaban J connectivity index is 1.15. The van der Waals surface area contributed by atoms with Crippen LogP contribution in [0.3, 0.4) is 0 Å². The van der Waals surface area contributed by atoms with Crippen molar-refractivity contribution in [3.63, 3.8) is 0 Å². The van der Waals surface area contributed by atoms with Crippen molar-refractivity contribution in [2.24, 2.45) is 5.92 Å². The highest BCUT2D eigenvalue weighted by atomic mass is 16.2. The molecule has 0 saturated carbocycles. The van der Waals surface area contributed by atoms with Crippen molar-refractivity contribution in [3.05, 3.63) is 83.4 Å². The SMILES string of the molecule is O=C1c2cccc3cccc(c23)C(=O)N1CCCCN1CCCC(Cc2ccccc2)C1. The van der Waals surface area contributed by atoms with Crippen LogP contribution in [0.4, 0.5) is 0 Å². The summed E-state index contributed by atoms with van der Waals surface area (Å²) in [6, 6.07) is 22.2. The van der Waals surface area contributed by atoms with E-state index in [2.05, 4.69) is 35.2 Å². The summed E-state index contributed by atoms with van der Waals surface area (Å²) in [7, 11) is 0. The maximum Gasteiger partial charge on any atom is 0.261 e. The third-order valence-electron chi connectivity index (χ3n) is 6.93. The van der Waals surface area contributed by atoms with Crippen LogP contribution in [-0.4, -0.2) is 47.8 Å². The summed E-state index contributed by atoms with van der Waals surface area (Å²) in [5.41, 5.74) is 2.73. The Morgan fingerprint density at radius 3 is 2.19 bits per heavy atom. The lowest BCUT2D eigenvalue weighted by molar-refractivity contribution is 0.0605. The summed E-state index contributed by atoms with van der Waals surface area (Å²) in [5.74, 6) is 0.411. The highest BCUT2D eigenvalue weighted by Crippen LogP contribution is 2.30. The number of rotatable bonds is 7. The summed E-state index contributed by atoms with van der Waals surface area (Å²) in [6.07, 6.45) is 5.55. The van der Waals surface area contributed by atoms with Crippen molar-refractivity contribution in [1.82, 2.24) is 9.80 Å². The second-order valence-electron chi connectivity index (χ2n) is 9.18. The molecule has 0 bridgehead atoms. The van der Waals surface area contributed by atoms with Gasteiger partial charge in [0.05, 0.1) is 0 Å². The minimum Gasteiger partial charge on any atom is -0.303 e. The number of hydrogen-bond acceptors (Lipinski definition) is 3. The number of unbranched alkanes of at least 4 members (excludes halogenated alkanes) is 1. The van der Waals surface area contributed by atoms with Gasteiger partial charge in [0.25, 0.3) is 11.8 Å². The van der Waals surface area contributed by atoms with Crippen LogP contribution in [0.25, 0.3) is 10.8 Å². The summed E-state index contributed by atoms with van der Waals surface area (Å²) < 4.78 is 0. The molecule has 3 aromatic carbocycles. The Morgan fingerprint density at radius 2 is 1.47 bits per heavy atom. The molecule has 5 rings (SSSR count). The predicted octanol–water partition coefficient (Wildman–Crippen LogP) is 5.17. The van der Waals surface area contributed by atoms with E-state index in [0.717, 1.165) is 49.7 Å². The molecule has 1 saturated heterocycles. The van der Waals surface area contributed by atoms with E-state index in [1.165, 1.54) is 23.3 Å². The minimum absolute atomic E-state index is 0.153. The van der Waals surface area contributed by atoms with Gasteiger partial charge in [-0.15, -0.1) is 0 Å². The number of imide groups is 1. The Kier molecular flexibility index (Phi) is 6.04. The molecule has 2 heterocycles.